The minimum absolute atomic E-state index is 0.139. The number of benzene rings is 1. The monoisotopic (exact) mass is 227 g/mol. The molecule has 1 nitrogen and oxygen atoms in total. The molecule has 0 heterocycles. The summed E-state index contributed by atoms with van der Waals surface area (Å²) >= 11 is 0. The normalized spacial score (nSPS) is 13.2. The number of aryl methyl sites for hydroxylation is 1. The second-order valence-electron chi connectivity index (χ2n) is 4.38. The maximum absolute atomic E-state index is 13.8. The standard InChI is InChI=1S/C13H19F2N/c1-5-16-13(8(2)3)10-7-6-9(4)11(14)12(10)15/h6-8,13,16H,5H2,1-4H3. The highest BCUT2D eigenvalue weighted by molar-refractivity contribution is 5.28. The van der Waals surface area contributed by atoms with E-state index in [0.717, 1.165) is 6.54 Å². The fourth-order valence-electron chi connectivity index (χ4n) is 1.83. The summed E-state index contributed by atoms with van der Waals surface area (Å²) in [6.45, 7) is 8.24. The molecule has 1 rings (SSSR count). The zero-order valence-electron chi connectivity index (χ0n) is 10.3. The van der Waals surface area contributed by atoms with E-state index in [2.05, 4.69) is 5.32 Å². The van der Waals surface area contributed by atoms with Crippen LogP contribution in [0.3, 0.4) is 0 Å². The van der Waals surface area contributed by atoms with Crippen molar-refractivity contribution in [2.24, 2.45) is 5.92 Å². The van der Waals surface area contributed by atoms with E-state index in [9.17, 15) is 8.78 Å². The van der Waals surface area contributed by atoms with Crippen LogP contribution in [0.1, 0.15) is 37.9 Å². The van der Waals surface area contributed by atoms with Crippen molar-refractivity contribution in [1.82, 2.24) is 5.32 Å². The van der Waals surface area contributed by atoms with Crippen molar-refractivity contribution < 1.29 is 8.78 Å². The Morgan fingerprint density at radius 1 is 1.19 bits per heavy atom. The average Bonchev–Trinajstić information content (AvgIpc) is 2.24. The Balaban J connectivity index is 3.15. The second kappa shape index (κ2) is 5.39. The predicted molar refractivity (Wildman–Crippen MR) is 62.4 cm³/mol. The van der Waals surface area contributed by atoms with Gasteiger partial charge in [0.05, 0.1) is 0 Å². The van der Waals surface area contributed by atoms with Crippen molar-refractivity contribution in [3.8, 4) is 0 Å². The van der Waals surface area contributed by atoms with Gasteiger partial charge in [-0.05, 0) is 24.9 Å². The summed E-state index contributed by atoms with van der Waals surface area (Å²) in [4.78, 5) is 0. The van der Waals surface area contributed by atoms with Crippen molar-refractivity contribution in [3.63, 3.8) is 0 Å². The first-order valence-electron chi connectivity index (χ1n) is 5.66. The summed E-state index contributed by atoms with van der Waals surface area (Å²) in [5, 5.41) is 3.18. The van der Waals surface area contributed by atoms with Crippen LogP contribution in [0, 0.1) is 24.5 Å². The maximum Gasteiger partial charge on any atom is 0.163 e. The van der Waals surface area contributed by atoms with E-state index in [1.54, 1.807) is 19.1 Å². The fraction of sp³-hybridized carbons (Fsp3) is 0.538. The van der Waals surface area contributed by atoms with Gasteiger partial charge in [-0.25, -0.2) is 8.78 Å². The molecule has 0 bridgehead atoms. The smallest absolute Gasteiger partial charge is 0.163 e. The molecule has 0 aliphatic rings. The van der Waals surface area contributed by atoms with E-state index in [-0.39, 0.29) is 12.0 Å². The van der Waals surface area contributed by atoms with Crippen LogP contribution in [-0.2, 0) is 0 Å². The summed E-state index contributed by atoms with van der Waals surface area (Å²) < 4.78 is 27.2. The molecule has 0 aliphatic carbocycles. The fourth-order valence-corrected chi connectivity index (χ4v) is 1.83. The highest BCUT2D eigenvalue weighted by atomic mass is 19.2. The van der Waals surface area contributed by atoms with E-state index in [1.807, 2.05) is 20.8 Å². The van der Waals surface area contributed by atoms with Crippen LogP contribution in [0.15, 0.2) is 12.1 Å². The molecule has 1 aromatic rings. The van der Waals surface area contributed by atoms with Crippen LogP contribution < -0.4 is 5.32 Å². The van der Waals surface area contributed by atoms with Gasteiger partial charge in [0.25, 0.3) is 0 Å². The Labute approximate surface area is 95.9 Å². The molecule has 0 fully saturated rings. The zero-order valence-corrected chi connectivity index (χ0v) is 10.3. The topological polar surface area (TPSA) is 12.0 Å². The Bertz CT molecular complexity index is 361. The predicted octanol–water partition coefficient (Wildman–Crippen LogP) is 3.58. The van der Waals surface area contributed by atoms with Crippen molar-refractivity contribution in [2.75, 3.05) is 6.54 Å². The van der Waals surface area contributed by atoms with Gasteiger partial charge >= 0.3 is 0 Å². The molecule has 0 saturated heterocycles. The lowest BCUT2D eigenvalue weighted by molar-refractivity contribution is 0.393. The minimum Gasteiger partial charge on any atom is -0.310 e. The largest absolute Gasteiger partial charge is 0.310 e. The third-order valence-corrected chi connectivity index (χ3v) is 2.73. The first-order chi connectivity index (χ1) is 7.49. The highest BCUT2D eigenvalue weighted by Gasteiger charge is 2.21. The number of rotatable bonds is 4. The molecule has 1 N–H and O–H groups in total. The van der Waals surface area contributed by atoms with Crippen LogP contribution in [0.25, 0.3) is 0 Å². The first-order valence-corrected chi connectivity index (χ1v) is 5.66. The Morgan fingerprint density at radius 2 is 1.81 bits per heavy atom. The third-order valence-electron chi connectivity index (χ3n) is 2.73. The lowest BCUT2D eigenvalue weighted by Crippen LogP contribution is -2.26. The van der Waals surface area contributed by atoms with Gasteiger partial charge in [0.1, 0.15) is 0 Å². The van der Waals surface area contributed by atoms with Crippen molar-refractivity contribution in [3.05, 3.63) is 34.9 Å². The van der Waals surface area contributed by atoms with Gasteiger partial charge in [0.2, 0.25) is 0 Å². The molecule has 0 amide bonds. The van der Waals surface area contributed by atoms with E-state index >= 15 is 0 Å². The van der Waals surface area contributed by atoms with Gasteiger partial charge in [0, 0.05) is 11.6 Å². The molecule has 1 atom stereocenters. The Kier molecular flexibility index (Phi) is 4.42. The van der Waals surface area contributed by atoms with Gasteiger partial charge in [0.15, 0.2) is 11.6 Å². The molecular formula is C13H19F2N. The van der Waals surface area contributed by atoms with Crippen molar-refractivity contribution >= 4 is 0 Å². The first kappa shape index (κ1) is 13.1. The van der Waals surface area contributed by atoms with Crippen molar-refractivity contribution in [1.29, 1.82) is 0 Å². The molecule has 0 aromatic heterocycles. The van der Waals surface area contributed by atoms with Gasteiger partial charge in [-0.2, -0.15) is 0 Å². The molecule has 90 valence electrons. The molecule has 16 heavy (non-hydrogen) atoms. The molecule has 0 radical (unpaired) electrons. The van der Waals surface area contributed by atoms with E-state index in [1.165, 1.54) is 0 Å². The summed E-state index contributed by atoms with van der Waals surface area (Å²) in [6.07, 6.45) is 0. The third kappa shape index (κ3) is 2.59. The lowest BCUT2D eigenvalue weighted by atomic mass is 9.94. The maximum atomic E-state index is 13.8. The van der Waals surface area contributed by atoms with Gasteiger partial charge in [-0.1, -0.05) is 32.9 Å². The molecule has 0 aliphatic heterocycles. The van der Waals surface area contributed by atoms with Crippen LogP contribution in [0.5, 0.6) is 0 Å². The Hall–Kier alpha value is -0.960. The average molecular weight is 227 g/mol. The number of hydrogen-bond donors (Lipinski definition) is 1. The van der Waals surface area contributed by atoms with E-state index in [4.69, 9.17) is 0 Å². The van der Waals surface area contributed by atoms with Gasteiger partial charge in [-0.15, -0.1) is 0 Å². The second-order valence-corrected chi connectivity index (χ2v) is 4.38. The van der Waals surface area contributed by atoms with E-state index in [0.29, 0.717) is 11.1 Å². The number of hydrogen-bond acceptors (Lipinski definition) is 1. The highest BCUT2D eigenvalue weighted by Crippen LogP contribution is 2.26. The molecule has 0 spiro atoms. The lowest BCUT2D eigenvalue weighted by Gasteiger charge is -2.23. The van der Waals surface area contributed by atoms with Crippen molar-refractivity contribution in [2.45, 2.75) is 33.7 Å². The van der Waals surface area contributed by atoms with Crippen LogP contribution in [0.4, 0.5) is 8.78 Å². The molecule has 1 unspecified atom stereocenters. The summed E-state index contributed by atoms with van der Waals surface area (Å²) in [5.74, 6) is -1.24. The number of nitrogens with one attached hydrogen (secondary N) is 1. The molecule has 1 aromatic carbocycles. The molecular weight excluding hydrogens is 208 g/mol. The van der Waals surface area contributed by atoms with Gasteiger partial charge < -0.3 is 5.32 Å². The van der Waals surface area contributed by atoms with Gasteiger partial charge in [-0.3, -0.25) is 0 Å². The summed E-state index contributed by atoms with van der Waals surface area (Å²) in [6, 6.07) is 3.15. The number of halogens is 2. The summed E-state index contributed by atoms with van der Waals surface area (Å²) in [5.41, 5.74) is 0.764. The Morgan fingerprint density at radius 3 is 2.31 bits per heavy atom. The van der Waals surface area contributed by atoms with Crippen LogP contribution in [-0.4, -0.2) is 6.54 Å². The minimum atomic E-state index is -0.735. The molecule has 3 heteroatoms. The van der Waals surface area contributed by atoms with Crippen LogP contribution in [0.2, 0.25) is 0 Å². The quantitative estimate of drug-likeness (QED) is 0.829. The summed E-state index contributed by atoms with van der Waals surface area (Å²) in [7, 11) is 0. The van der Waals surface area contributed by atoms with E-state index < -0.39 is 11.6 Å². The SMILES string of the molecule is CCNC(c1ccc(C)c(F)c1F)C(C)C. The van der Waals surface area contributed by atoms with Crippen LogP contribution >= 0.6 is 0 Å². The molecule has 0 saturated carbocycles. The zero-order chi connectivity index (χ0) is 12.3.